The van der Waals surface area contributed by atoms with Gasteiger partial charge < -0.3 is 9.47 Å². The van der Waals surface area contributed by atoms with E-state index >= 15 is 0 Å². The van der Waals surface area contributed by atoms with Crippen LogP contribution in [0.2, 0.25) is 10.0 Å². The minimum Gasteiger partial charge on any atom is -0.337 e. The number of rotatable bonds is 15. The van der Waals surface area contributed by atoms with E-state index in [0.717, 1.165) is 42.3 Å². The summed E-state index contributed by atoms with van der Waals surface area (Å²) in [5, 5.41) is 1.66. The molecule has 0 radical (unpaired) electrons. The minimum absolute atomic E-state index is 0.257. The maximum atomic E-state index is 13.9. The van der Waals surface area contributed by atoms with Crippen LogP contribution >= 0.6 is 23.2 Å². The first kappa shape index (κ1) is 30.3. The summed E-state index contributed by atoms with van der Waals surface area (Å²) in [6, 6.07) is 13.0. The number of nitrogens with zero attached hydrogens (tertiary/aromatic N) is 1. The number of hydrogen-bond donors (Lipinski definition) is 0. The van der Waals surface area contributed by atoms with Crippen molar-refractivity contribution < 1.29 is 24.0 Å². The van der Waals surface area contributed by atoms with Crippen LogP contribution in [0.1, 0.15) is 70.6 Å². The molecule has 0 unspecified atom stereocenters. The van der Waals surface area contributed by atoms with Gasteiger partial charge in [0.05, 0.1) is 35.9 Å². The third kappa shape index (κ3) is 7.25. The van der Waals surface area contributed by atoms with Gasteiger partial charge in [-0.3, -0.25) is 9.87 Å². The van der Waals surface area contributed by atoms with Crippen LogP contribution in [0.15, 0.2) is 42.5 Å². The monoisotopic (exact) mass is 561 g/mol. The third-order valence-electron chi connectivity index (χ3n) is 6.14. The Hall–Kier alpha value is -2.22. The van der Waals surface area contributed by atoms with Crippen LogP contribution in [0.3, 0.4) is 0 Å². The second-order valence-electron chi connectivity index (χ2n) is 9.20. The van der Waals surface area contributed by atoms with Gasteiger partial charge in [0.1, 0.15) is 0 Å². The second kappa shape index (κ2) is 14.8. The number of unbranched alkanes of at least 4 members (excludes halogenated alkanes) is 3. The Balaban J connectivity index is 2.32. The molecule has 0 atom stereocenters. The van der Waals surface area contributed by atoms with Crippen molar-refractivity contribution in [3.05, 3.63) is 63.8 Å². The lowest BCUT2D eigenvalue weighted by Gasteiger charge is -2.34. The zero-order valence-corrected chi connectivity index (χ0v) is 24.2. The predicted molar refractivity (Wildman–Crippen MR) is 152 cm³/mol. The molecule has 3 rings (SSSR count). The van der Waals surface area contributed by atoms with Crippen LogP contribution < -0.4 is 0 Å². The molecular formula is C30H37Cl2NO5. The van der Waals surface area contributed by atoms with Crippen molar-refractivity contribution in [1.82, 2.24) is 4.98 Å². The van der Waals surface area contributed by atoms with Crippen LogP contribution in [-0.2, 0) is 29.8 Å². The molecule has 0 fully saturated rings. The maximum absolute atomic E-state index is 13.9. The minimum atomic E-state index is -1.96. The molecule has 38 heavy (non-hydrogen) atoms. The quantitative estimate of drug-likeness (QED) is 0.0800. The molecule has 0 amide bonds. The van der Waals surface area contributed by atoms with Gasteiger partial charge in [0.25, 0.3) is 0 Å². The summed E-state index contributed by atoms with van der Waals surface area (Å²) in [6.07, 6.45) is 4.80. The topological polar surface area (TPSA) is 66.9 Å². The van der Waals surface area contributed by atoms with Crippen molar-refractivity contribution in [3.63, 3.8) is 0 Å². The van der Waals surface area contributed by atoms with E-state index in [2.05, 4.69) is 0 Å². The molecule has 0 saturated heterocycles. The van der Waals surface area contributed by atoms with E-state index in [4.69, 9.17) is 47.4 Å². The Morgan fingerprint density at radius 1 is 0.868 bits per heavy atom. The number of aromatic nitrogens is 1. The van der Waals surface area contributed by atoms with Gasteiger partial charge in [-0.1, -0.05) is 81.4 Å². The highest BCUT2D eigenvalue weighted by Gasteiger charge is 2.49. The maximum Gasteiger partial charge on any atom is 0.406 e. The fraction of sp³-hybridized carbons (Fsp3) is 0.467. The van der Waals surface area contributed by atoms with E-state index < -0.39 is 11.8 Å². The summed E-state index contributed by atoms with van der Waals surface area (Å²) in [5.41, 5.74) is 3.33. The average Bonchev–Trinajstić information content (AvgIpc) is 2.90. The number of ether oxygens (including phenoxy) is 2. The molecule has 6 nitrogen and oxygen atoms in total. The Morgan fingerprint density at radius 3 is 2.08 bits per heavy atom. The fourth-order valence-electron chi connectivity index (χ4n) is 4.06. The first-order chi connectivity index (χ1) is 18.4. The molecule has 0 N–H and O–H groups in total. The van der Waals surface area contributed by atoms with Gasteiger partial charge in [0, 0.05) is 21.7 Å². The highest BCUT2D eigenvalue weighted by Crippen LogP contribution is 2.45. The van der Waals surface area contributed by atoms with E-state index in [1.54, 1.807) is 18.2 Å². The van der Waals surface area contributed by atoms with Gasteiger partial charge in [-0.15, -0.1) is 0 Å². The first-order valence-corrected chi connectivity index (χ1v) is 14.1. The zero-order chi connectivity index (χ0) is 27.5. The molecule has 1 heterocycles. The van der Waals surface area contributed by atoms with E-state index in [0.29, 0.717) is 34.5 Å². The van der Waals surface area contributed by atoms with Gasteiger partial charge in [-0.2, -0.15) is 4.89 Å². The smallest absolute Gasteiger partial charge is 0.337 e. The average molecular weight is 563 g/mol. The highest BCUT2D eigenvalue weighted by atomic mass is 35.5. The predicted octanol–water partition coefficient (Wildman–Crippen LogP) is 8.58. The lowest BCUT2D eigenvalue weighted by atomic mass is 9.90. The Bertz CT molecular complexity index is 1190. The molecule has 206 valence electrons. The highest BCUT2D eigenvalue weighted by molar-refractivity contribution is 6.33. The number of benzene rings is 2. The molecule has 0 bridgehead atoms. The molecule has 0 aliphatic carbocycles. The largest absolute Gasteiger partial charge is 0.406 e. The zero-order valence-electron chi connectivity index (χ0n) is 22.6. The molecular weight excluding hydrogens is 525 g/mol. The number of carbonyl (C=O) groups is 1. The number of hydrogen-bond acceptors (Lipinski definition) is 6. The first-order valence-electron chi connectivity index (χ1n) is 13.4. The van der Waals surface area contributed by atoms with Crippen LogP contribution in [0.4, 0.5) is 0 Å². The van der Waals surface area contributed by atoms with E-state index in [-0.39, 0.29) is 24.8 Å². The molecule has 1 aromatic heterocycles. The van der Waals surface area contributed by atoms with Crippen molar-refractivity contribution in [3.8, 4) is 11.1 Å². The number of halogens is 2. The van der Waals surface area contributed by atoms with E-state index in [9.17, 15) is 4.79 Å². The molecule has 3 aromatic rings. The summed E-state index contributed by atoms with van der Waals surface area (Å²) >= 11 is 13.2. The van der Waals surface area contributed by atoms with Crippen molar-refractivity contribution in [2.24, 2.45) is 0 Å². The summed E-state index contributed by atoms with van der Waals surface area (Å²) in [4.78, 5) is 29.2. The lowest BCUT2D eigenvalue weighted by Crippen LogP contribution is -2.44. The normalized spacial score (nSPS) is 11.7. The molecule has 0 aliphatic rings. The van der Waals surface area contributed by atoms with Gasteiger partial charge >= 0.3 is 11.8 Å². The standard InChI is InChI=1S/C30H37Cl2NO5/c1-5-8-17-35-30(36-18-9-6-2,29(34)38-37-19-10-7-3)28-25(32)20-26-24(16-11-21(4)33-26)27(28)22-12-14-23(31)15-13-22/h11-16,20H,5-10,17-19H2,1-4H3. The summed E-state index contributed by atoms with van der Waals surface area (Å²) in [7, 11) is 0. The van der Waals surface area contributed by atoms with Crippen molar-refractivity contribution in [2.75, 3.05) is 19.8 Å². The number of pyridine rings is 1. The SMILES string of the molecule is CCCCOOC(=O)C(OCCCC)(OCCCC)c1c(Cl)cc2nc(C)ccc2c1-c1ccc(Cl)cc1. The van der Waals surface area contributed by atoms with Crippen LogP contribution in [0.5, 0.6) is 0 Å². The summed E-state index contributed by atoms with van der Waals surface area (Å²) < 4.78 is 12.7. The lowest BCUT2D eigenvalue weighted by molar-refractivity contribution is -0.321. The second-order valence-corrected chi connectivity index (χ2v) is 10.0. The Morgan fingerprint density at radius 2 is 1.47 bits per heavy atom. The summed E-state index contributed by atoms with van der Waals surface area (Å²) in [5.74, 6) is -2.76. The number of fused-ring (bicyclic) bond motifs is 1. The molecule has 8 heteroatoms. The molecule has 0 aliphatic heterocycles. The van der Waals surface area contributed by atoms with E-state index in [1.807, 2.05) is 52.0 Å². The molecule has 0 spiro atoms. The van der Waals surface area contributed by atoms with Crippen LogP contribution in [0, 0.1) is 6.92 Å². The summed E-state index contributed by atoms with van der Waals surface area (Å²) in [6.45, 7) is 8.82. The molecule has 0 saturated carbocycles. The van der Waals surface area contributed by atoms with Crippen molar-refractivity contribution in [2.45, 2.75) is 72.0 Å². The van der Waals surface area contributed by atoms with Crippen molar-refractivity contribution in [1.29, 1.82) is 0 Å². The number of carbonyl (C=O) groups excluding carboxylic acids is 1. The Labute approximate surface area is 235 Å². The number of aryl methyl sites for hydroxylation is 1. The fourth-order valence-corrected chi connectivity index (χ4v) is 4.51. The third-order valence-corrected chi connectivity index (χ3v) is 6.69. The van der Waals surface area contributed by atoms with Gasteiger partial charge in [0.2, 0.25) is 0 Å². The van der Waals surface area contributed by atoms with Crippen LogP contribution in [0.25, 0.3) is 22.0 Å². The van der Waals surface area contributed by atoms with E-state index in [1.165, 1.54) is 0 Å². The van der Waals surface area contributed by atoms with Crippen molar-refractivity contribution >= 4 is 40.1 Å². The molecule has 2 aromatic carbocycles. The van der Waals surface area contributed by atoms with Gasteiger partial charge in [-0.25, -0.2) is 4.79 Å². The Kier molecular flexibility index (Phi) is 11.8. The van der Waals surface area contributed by atoms with Gasteiger partial charge in [-0.05, 0) is 56.0 Å². The van der Waals surface area contributed by atoms with Gasteiger partial charge in [0.15, 0.2) is 0 Å². The van der Waals surface area contributed by atoms with Crippen LogP contribution in [-0.4, -0.2) is 30.8 Å².